The van der Waals surface area contributed by atoms with Crippen molar-refractivity contribution in [3.63, 3.8) is 0 Å². The Kier molecular flexibility index (Phi) is 4.81. The molecule has 5 nitrogen and oxygen atoms in total. The smallest absolute Gasteiger partial charge is 0.233 e. The zero-order chi connectivity index (χ0) is 23.0. The third-order valence-corrected chi connectivity index (χ3v) is 9.92. The van der Waals surface area contributed by atoms with Gasteiger partial charge in [0.15, 0.2) is 0 Å². The summed E-state index contributed by atoms with van der Waals surface area (Å²) in [4.78, 5) is 30.7. The predicted octanol–water partition coefficient (Wildman–Crippen LogP) is 3.66. The fraction of sp³-hybridized carbons (Fsp3) is 0.586. The van der Waals surface area contributed by atoms with E-state index in [1.54, 1.807) is 12.0 Å². The molecule has 2 saturated heterocycles. The van der Waals surface area contributed by atoms with Crippen molar-refractivity contribution >= 4 is 11.8 Å². The molecule has 1 saturated carbocycles. The van der Waals surface area contributed by atoms with E-state index in [2.05, 4.69) is 47.4 Å². The summed E-state index contributed by atoms with van der Waals surface area (Å²) in [6.07, 6.45) is 13.3. The van der Waals surface area contributed by atoms with Gasteiger partial charge >= 0.3 is 0 Å². The number of nitrogens with zero attached hydrogens (tertiary/aromatic N) is 2. The van der Waals surface area contributed by atoms with Gasteiger partial charge in [0.2, 0.25) is 11.8 Å². The molecule has 3 fully saturated rings. The van der Waals surface area contributed by atoms with Crippen molar-refractivity contribution in [3.05, 3.63) is 53.6 Å². The molecule has 0 aromatic heterocycles. The number of aryl methyl sites for hydroxylation is 1. The average molecular weight is 459 g/mol. The Hall–Kier alpha value is -2.40. The summed E-state index contributed by atoms with van der Waals surface area (Å²) in [6, 6.07) is 6.49. The number of hydrogen-bond donors (Lipinski definition) is 0. The lowest BCUT2D eigenvalue weighted by Crippen LogP contribution is -2.50. The van der Waals surface area contributed by atoms with Crippen molar-refractivity contribution in [2.75, 3.05) is 33.3 Å². The molecule has 1 aromatic carbocycles. The topological polar surface area (TPSA) is 49.9 Å². The monoisotopic (exact) mass is 458 g/mol. The number of hydrogen-bond acceptors (Lipinski definition) is 4. The van der Waals surface area contributed by atoms with Crippen LogP contribution in [0.15, 0.2) is 42.5 Å². The van der Waals surface area contributed by atoms with E-state index in [9.17, 15) is 9.59 Å². The SMILES string of the molecule is COc1cccc2c1[C@@H]1CN(CCCCN3C(=O)C4C(C3=O)[C@H]3C=C[C@@H]4C4C=CC43)C[C@H]1CC2. The number of carbonyl (C=O) groups is 2. The summed E-state index contributed by atoms with van der Waals surface area (Å²) in [6.45, 7) is 3.87. The first kappa shape index (κ1) is 20.9. The molecule has 5 aliphatic carbocycles. The first-order chi connectivity index (χ1) is 16.7. The van der Waals surface area contributed by atoms with E-state index >= 15 is 0 Å². The number of benzene rings is 1. The van der Waals surface area contributed by atoms with Crippen molar-refractivity contribution in [2.24, 2.45) is 41.4 Å². The predicted molar refractivity (Wildman–Crippen MR) is 129 cm³/mol. The summed E-state index contributed by atoms with van der Waals surface area (Å²) >= 11 is 0. The van der Waals surface area contributed by atoms with Gasteiger partial charge in [0.1, 0.15) is 5.75 Å². The minimum atomic E-state index is -0.106. The third-order valence-electron chi connectivity index (χ3n) is 9.92. The highest BCUT2D eigenvalue weighted by molar-refractivity contribution is 6.06. The highest BCUT2D eigenvalue weighted by atomic mass is 16.5. The Labute approximate surface area is 201 Å². The normalized spacial score (nSPS) is 39.0. The van der Waals surface area contributed by atoms with Crippen LogP contribution in [0.2, 0.25) is 0 Å². The first-order valence-electron chi connectivity index (χ1n) is 13.3. The van der Waals surface area contributed by atoms with E-state index in [1.165, 1.54) is 17.5 Å². The maximum Gasteiger partial charge on any atom is 0.233 e. The van der Waals surface area contributed by atoms with Gasteiger partial charge in [-0.3, -0.25) is 14.5 Å². The van der Waals surface area contributed by atoms with Crippen LogP contribution in [0.1, 0.15) is 36.3 Å². The fourth-order valence-electron chi connectivity index (χ4n) is 8.29. The maximum atomic E-state index is 13.2. The number of ether oxygens (including phenoxy) is 1. The van der Waals surface area contributed by atoms with Crippen LogP contribution < -0.4 is 4.74 Å². The van der Waals surface area contributed by atoms with Crippen molar-refractivity contribution < 1.29 is 14.3 Å². The van der Waals surface area contributed by atoms with Gasteiger partial charge in [0, 0.05) is 31.1 Å². The molecule has 5 heteroatoms. The zero-order valence-electron chi connectivity index (χ0n) is 19.9. The average Bonchev–Trinajstić information content (AvgIpc) is 3.36. The molecule has 178 valence electrons. The lowest BCUT2D eigenvalue weighted by Gasteiger charge is -2.51. The van der Waals surface area contributed by atoms with Crippen LogP contribution in [0.25, 0.3) is 0 Å². The Bertz CT molecular complexity index is 1040. The molecule has 2 bridgehead atoms. The molecule has 2 heterocycles. The standard InChI is InChI=1S/C29H34N2O3/c1-34-24-6-4-5-17-7-8-18-15-30(16-23(18)25(17)24)13-2-3-14-31-28(32)26-21-11-12-22(27(26)29(31)33)20-10-9-19(20)21/h4-6,9-12,18-23,26-27H,2-3,7-8,13-16H2,1H3/t18-,19?,20?,21-,22+,23-,26?,27?/m1/s1. The van der Waals surface area contributed by atoms with Crippen molar-refractivity contribution in [1.29, 1.82) is 0 Å². The molecule has 0 spiro atoms. The fourth-order valence-corrected chi connectivity index (χ4v) is 8.29. The lowest BCUT2D eigenvalue weighted by molar-refractivity contribution is -0.140. The van der Waals surface area contributed by atoms with Gasteiger partial charge in [-0.15, -0.1) is 0 Å². The molecule has 2 amide bonds. The van der Waals surface area contributed by atoms with E-state index in [1.807, 2.05) is 0 Å². The summed E-state index contributed by atoms with van der Waals surface area (Å²) in [5, 5.41) is 0. The van der Waals surface area contributed by atoms with Crippen molar-refractivity contribution in [1.82, 2.24) is 9.80 Å². The summed E-state index contributed by atoms with van der Waals surface area (Å²) < 4.78 is 5.71. The number of likely N-dealkylation sites (tertiary alicyclic amines) is 2. The van der Waals surface area contributed by atoms with Gasteiger partial charge in [-0.2, -0.15) is 0 Å². The number of rotatable bonds is 6. The molecular formula is C29H34N2O3. The van der Waals surface area contributed by atoms with Crippen LogP contribution in [-0.2, 0) is 16.0 Å². The second kappa shape index (κ2) is 7.81. The first-order valence-corrected chi connectivity index (χ1v) is 13.3. The molecule has 0 N–H and O–H groups in total. The van der Waals surface area contributed by atoms with Crippen LogP contribution in [0.5, 0.6) is 5.75 Å². The molecular weight excluding hydrogens is 424 g/mol. The maximum absolute atomic E-state index is 13.2. The van der Waals surface area contributed by atoms with E-state index < -0.39 is 0 Å². The van der Waals surface area contributed by atoms with Crippen molar-refractivity contribution in [3.8, 4) is 5.75 Å². The van der Waals surface area contributed by atoms with Gasteiger partial charge in [-0.1, -0.05) is 36.4 Å². The summed E-state index contributed by atoms with van der Waals surface area (Å²) in [7, 11) is 1.78. The number of imide groups is 1. The Morgan fingerprint density at radius 3 is 2.24 bits per heavy atom. The number of methoxy groups -OCH3 is 1. The molecule has 0 radical (unpaired) electrons. The number of fused-ring (bicyclic) bond motifs is 3. The highest BCUT2D eigenvalue weighted by Gasteiger charge is 2.62. The molecule has 8 rings (SSSR count). The van der Waals surface area contributed by atoms with Crippen LogP contribution in [0, 0.1) is 41.4 Å². The Balaban J connectivity index is 0.957. The molecule has 1 aromatic rings. The van der Waals surface area contributed by atoms with E-state index in [0.29, 0.717) is 30.2 Å². The number of allylic oxidation sites excluding steroid dienone is 4. The van der Waals surface area contributed by atoms with Gasteiger partial charge in [0.05, 0.1) is 18.9 Å². The van der Waals surface area contributed by atoms with Crippen LogP contribution >= 0.6 is 0 Å². The molecule has 2 aliphatic heterocycles. The van der Waals surface area contributed by atoms with Crippen LogP contribution in [0.4, 0.5) is 0 Å². The minimum absolute atomic E-state index is 0.101. The molecule has 4 unspecified atom stereocenters. The quantitative estimate of drug-likeness (QED) is 0.371. The van der Waals surface area contributed by atoms with E-state index in [4.69, 9.17) is 4.74 Å². The Morgan fingerprint density at radius 2 is 1.56 bits per heavy atom. The largest absolute Gasteiger partial charge is 0.496 e. The second-order valence-electron chi connectivity index (χ2n) is 11.4. The van der Waals surface area contributed by atoms with E-state index in [0.717, 1.165) is 44.6 Å². The van der Waals surface area contributed by atoms with Gasteiger partial charge in [-0.25, -0.2) is 0 Å². The number of amides is 2. The molecule has 8 atom stereocenters. The van der Waals surface area contributed by atoms with Gasteiger partial charge in [-0.05, 0) is 73.4 Å². The van der Waals surface area contributed by atoms with Gasteiger partial charge < -0.3 is 9.64 Å². The second-order valence-corrected chi connectivity index (χ2v) is 11.4. The molecule has 34 heavy (non-hydrogen) atoms. The summed E-state index contributed by atoms with van der Waals surface area (Å²) in [5.41, 5.74) is 2.90. The Morgan fingerprint density at radius 1 is 0.882 bits per heavy atom. The zero-order valence-corrected chi connectivity index (χ0v) is 19.9. The number of unbranched alkanes of at least 4 members (excludes halogenated alkanes) is 1. The lowest BCUT2D eigenvalue weighted by atomic mass is 9.50. The molecule has 7 aliphatic rings. The van der Waals surface area contributed by atoms with Crippen molar-refractivity contribution in [2.45, 2.75) is 31.6 Å². The number of carbonyl (C=O) groups excluding carboxylic acids is 2. The highest BCUT2D eigenvalue weighted by Crippen LogP contribution is 2.58. The third kappa shape index (κ3) is 2.89. The van der Waals surface area contributed by atoms with Gasteiger partial charge in [0.25, 0.3) is 0 Å². The summed E-state index contributed by atoms with van der Waals surface area (Å²) in [5.74, 6) is 3.75. The van der Waals surface area contributed by atoms with Crippen LogP contribution in [0.3, 0.4) is 0 Å². The van der Waals surface area contributed by atoms with E-state index in [-0.39, 0.29) is 35.5 Å². The minimum Gasteiger partial charge on any atom is -0.496 e. The van der Waals surface area contributed by atoms with Crippen LogP contribution in [-0.4, -0.2) is 54.9 Å².